The van der Waals surface area contributed by atoms with E-state index in [1.54, 1.807) is 12.1 Å². The van der Waals surface area contributed by atoms with E-state index < -0.39 is 32.5 Å². The topological polar surface area (TPSA) is 122 Å². The summed E-state index contributed by atoms with van der Waals surface area (Å²) < 4.78 is 63.8. The summed E-state index contributed by atoms with van der Waals surface area (Å²) in [6.45, 7) is 4.62. The maximum Gasteiger partial charge on any atom is 0.245 e. The quantitative estimate of drug-likeness (QED) is 0.533. The van der Waals surface area contributed by atoms with Crippen molar-refractivity contribution in [3.05, 3.63) is 48.0 Å². The first kappa shape index (κ1) is 26.9. The van der Waals surface area contributed by atoms with E-state index in [9.17, 15) is 21.6 Å². The fraction of sp³-hybridized carbons (Fsp3) is 0.435. The number of methoxy groups -OCH3 is 1. The van der Waals surface area contributed by atoms with Crippen LogP contribution in [0.5, 0.6) is 5.75 Å². The second-order valence-electron chi connectivity index (χ2n) is 8.44. The third-order valence-corrected chi connectivity index (χ3v) is 8.62. The maximum atomic E-state index is 13.0. The van der Waals surface area contributed by atoms with Gasteiger partial charge in [0.1, 0.15) is 12.3 Å². The van der Waals surface area contributed by atoms with Crippen LogP contribution in [0, 0.1) is 0 Å². The number of ether oxygens (including phenoxy) is 2. The van der Waals surface area contributed by atoms with E-state index >= 15 is 0 Å². The van der Waals surface area contributed by atoms with E-state index in [1.807, 2.05) is 26.0 Å². The molecule has 35 heavy (non-hydrogen) atoms. The van der Waals surface area contributed by atoms with Gasteiger partial charge in [-0.05, 0) is 41.8 Å². The number of sulfonamides is 2. The smallest absolute Gasteiger partial charge is 0.245 e. The minimum absolute atomic E-state index is 0.0141. The molecule has 1 heterocycles. The van der Waals surface area contributed by atoms with Gasteiger partial charge in [0.2, 0.25) is 26.0 Å². The van der Waals surface area contributed by atoms with Gasteiger partial charge in [0.15, 0.2) is 0 Å². The molecule has 0 unspecified atom stereocenters. The molecule has 3 rings (SSSR count). The molecule has 0 radical (unpaired) electrons. The SMILES string of the molecule is COc1ccc(S(=O)(=O)N2CCOCC2)cc1NC(=O)CN(c1ccc(C(C)C)cc1)S(C)(=O)=O. The third-order valence-electron chi connectivity index (χ3n) is 5.59. The van der Waals surface area contributed by atoms with Crippen LogP contribution in [-0.4, -0.2) is 73.3 Å². The molecule has 0 aliphatic carbocycles. The maximum absolute atomic E-state index is 13.0. The molecule has 0 spiro atoms. The Morgan fingerprint density at radius 2 is 1.71 bits per heavy atom. The molecular formula is C23H31N3O7S2. The average molecular weight is 526 g/mol. The highest BCUT2D eigenvalue weighted by Crippen LogP contribution is 2.30. The van der Waals surface area contributed by atoms with Crippen LogP contribution >= 0.6 is 0 Å². The second kappa shape index (κ2) is 10.9. The van der Waals surface area contributed by atoms with Crippen molar-refractivity contribution >= 4 is 37.3 Å². The van der Waals surface area contributed by atoms with Crippen LogP contribution in [-0.2, 0) is 29.6 Å². The molecule has 0 saturated carbocycles. The standard InChI is InChI=1S/C23H31N3O7S2/c1-17(2)18-5-7-19(8-6-18)26(34(4,28)29)16-23(27)24-21-15-20(9-10-22(21)32-3)35(30,31)25-11-13-33-14-12-25/h5-10,15,17H,11-14,16H2,1-4H3,(H,24,27). The average Bonchev–Trinajstić information content (AvgIpc) is 2.82. The lowest BCUT2D eigenvalue weighted by Gasteiger charge is -2.26. The van der Waals surface area contributed by atoms with Crippen LogP contribution in [0.2, 0.25) is 0 Å². The van der Waals surface area contributed by atoms with Gasteiger partial charge in [-0.25, -0.2) is 16.8 Å². The van der Waals surface area contributed by atoms with Crippen LogP contribution in [0.3, 0.4) is 0 Å². The molecule has 12 heteroatoms. The van der Waals surface area contributed by atoms with Crippen molar-refractivity contribution in [3.8, 4) is 5.75 Å². The molecule has 10 nitrogen and oxygen atoms in total. The molecule has 2 aromatic rings. The molecular weight excluding hydrogens is 494 g/mol. The molecule has 1 saturated heterocycles. The molecule has 2 aromatic carbocycles. The Morgan fingerprint density at radius 1 is 1.09 bits per heavy atom. The molecule has 0 atom stereocenters. The molecule has 1 fully saturated rings. The highest BCUT2D eigenvalue weighted by atomic mass is 32.2. The largest absolute Gasteiger partial charge is 0.495 e. The summed E-state index contributed by atoms with van der Waals surface area (Å²) in [5.74, 6) is -0.137. The number of carbonyl (C=O) groups excluding carboxylic acids is 1. The van der Waals surface area contributed by atoms with Crippen molar-refractivity contribution in [3.63, 3.8) is 0 Å². The van der Waals surface area contributed by atoms with Gasteiger partial charge in [0.05, 0.1) is 42.8 Å². The summed E-state index contributed by atoms with van der Waals surface area (Å²) in [6, 6.07) is 11.1. The third kappa shape index (κ3) is 6.51. The number of hydrogen-bond donors (Lipinski definition) is 1. The molecule has 0 aromatic heterocycles. The number of morpholine rings is 1. The summed E-state index contributed by atoms with van der Waals surface area (Å²) in [5, 5.41) is 2.60. The van der Waals surface area contributed by atoms with E-state index in [2.05, 4.69) is 5.32 Å². The Balaban J connectivity index is 1.85. The van der Waals surface area contributed by atoms with Crippen molar-refractivity contribution in [1.29, 1.82) is 0 Å². The first-order valence-electron chi connectivity index (χ1n) is 11.1. The summed E-state index contributed by atoms with van der Waals surface area (Å²) in [4.78, 5) is 12.9. The van der Waals surface area contributed by atoms with Crippen molar-refractivity contribution in [2.75, 3.05) is 55.8 Å². The van der Waals surface area contributed by atoms with Gasteiger partial charge in [0, 0.05) is 13.1 Å². The predicted molar refractivity (Wildman–Crippen MR) is 134 cm³/mol. The van der Waals surface area contributed by atoms with Crippen LogP contribution in [0.15, 0.2) is 47.4 Å². The van der Waals surface area contributed by atoms with Gasteiger partial charge in [-0.15, -0.1) is 0 Å². The van der Waals surface area contributed by atoms with Gasteiger partial charge < -0.3 is 14.8 Å². The fourth-order valence-electron chi connectivity index (χ4n) is 3.63. The molecule has 1 aliphatic heterocycles. The number of amides is 1. The van der Waals surface area contributed by atoms with Crippen LogP contribution in [0.25, 0.3) is 0 Å². The molecule has 1 amide bonds. The number of anilines is 2. The summed E-state index contributed by atoms with van der Waals surface area (Å²) >= 11 is 0. The van der Waals surface area contributed by atoms with Gasteiger partial charge >= 0.3 is 0 Å². The number of rotatable bonds is 9. The lowest BCUT2D eigenvalue weighted by Crippen LogP contribution is -2.40. The lowest BCUT2D eigenvalue weighted by molar-refractivity contribution is -0.114. The Labute approximate surface area is 206 Å². The highest BCUT2D eigenvalue weighted by molar-refractivity contribution is 7.92. The Hall–Kier alpha value is -2.67. The Bertz CT molecular complexity index is 1250. The van der Waals surface area contributed by atoms with Crippen LogP contribution in [0.4, 0.5) is 11.4 Å². The van der Waals surface area contributed by atoms with Gasteiger partial charge in [0.25, 0.3) is 0 Å². The fourth-order valence-corrected chi connectivity index (χ4v) is 5.92. The zero-order valence-electron chi connectivity index (χ0n) is 20.2. The van der Waals surface area contributed by atoms with E-state index in [4.69, 9.17) is 9.47 Å². The van der Waals surface area contributed by atoms with Crippen molar-refractivity contribution < 1.29 is 31.1 Å². The first-order valence-corrected chi connectivity index (χ1v) is 14.4. The number of benzene rings is 2. The second-order valence-corrected chi connectivity index (χ2v) is 12.3. The molecule has 1 aliphatic rings. The molecule has 0 bridgehead atoms. The minimum Gasteiger partial charge on any atom is -0.495 e. The number of hydrogen-bond acceptors (Lipinski definition) is 7. The molecule has 192 valence electrons. The van der Waals surface area contributed by atoms with E-state index in [0.717, 1.165) is 16.1 Å². The number of nitrogens with one attached hydrogen (secondary N) is 1. The molecule has 1 N–H and O–H groups in total. The number of carbonyl (C=O) groups is 1. The van der Waals surface area contributed by atoms with E-state index in [-0.39, 0.29) is 35.3 Å². The van der Waals surface area contributed by atoms with Gasteiger partial charge in [-0.2, -0.15) is 4.31 Å². The predicted octanol–water partition coefficient (Wildman–Crippen LogP) is 2.24. The summed E-state index contributed by atoms with van der Waals surface area (Å²) in [6.07, 6.45) is 1.02. The first-order chi connectivity index (χ1) is 16.4. The van der Waals surface area contributed by atoms with Gasteiger partial charge in [-0.1, -0.05) is 26.0 Å². The van der Waals surface area contributed by atoms with Crippen LogP contribution in [0.1, 0.15) is 25.3 Å². The van der Waals surface area contributed by atoms with Gasteiger partial charge in [-0.3, -0.25) is 9.10 Å². The van der Waals surface area contributed by atoms with E-state index in [0.29, 0.717) is 18.9 Å². The zero-order valence-corrected chi connectivity index (χ0v) is 21.9. The monoisotopic (exact) mass is 525 g/mol. The summed E-state index contributed by atoms with van der Waals surface area (Å²) in [5.41, 5.74) is 1.51. The summed E-state index contributed by atoms with van der Waals surface area (Å²) in [7, 11) is -6.19. The van der Waals surface area contributed by atoms with Crippen molar-refractivity contribution in [1.82, 2.24) is 4.31 Å². The lowest BCUT2D eigenvalue weighted by atomic mass is 10.0. The van der Waals surface area contributed by atoms with Crippen LogP contribution < -0.4 is 14.4 Å². The van der Waals surface area contributed by atoms with Crippen molar-refractivity contribution in [2.45, 2.75) is 24.7 Å². The van der Waals surface area contributed by atoms with E-state index in [1.165, 1.54) is 29.6 Å². The van der Waals surface area contributed by atoms with Crippen molar-refractivity contribution in [2.24, 2.45) is 0 Å². The highest BCUT2D eigenvalue weighted by Gasteiger charge is 2.28. The number of nitrogens with zero attached hydrogens (tertiary/aromatic N) is 2. The minimum atomic E-state index is -3.81. The Kier molecular flexibility index (Phi) is 8.42. The Morgan fingerprint density at radius 3 is 2.26 bits per heavy atom. The zero-order chi connectivity index (χ0) is 25.8. The normalized spacial score (nSPS) is 15.1.